The second-order valence-electron chi connectivity index (χ2n) is 5.33. The van der Waals surface area contributed by atoms with Crippen molar-refractivity contribution in [2.24, 2.45) is 0 Å². The molecule has 122 valence electrons. The van der Waals surface area contributed by atoms with Crippen molar-refractivity contribution in [1.82, 2.24) is 4.72 Å². The van der Waals surface area contributed by atoms with Gasteiger partial charge in [0.15, 0.2) is 0 Å². The Balaban J connectivity index is 2.26. The van der Waals surface area contributed by atoms with E-state index < -0.39 is 21.0 Å². The summed E-state index contributed by atoms with van der Waals surface area (Å²) in [6, 6.07) is 3.68. The third-order valence-corrected chi connectivity index (χ3v) is 4.77. The predicted octanol–water partition coefficient (Wildman–Crippen LogP) is 1.48. The van der Waals surface area contributed by atoms with Crippen molar-refractivity contribution in [3.05, 3.63) is 28.3 Å². The van der Waals surface area contributed by atoms with Crippen LogP contribution in [-0.2, 0) is 14.8 Å². The van der Waals surface area contributed by atoms with E-state index in [9.17, 15) is 18.5 Å². The molecular weight excluding hydrogens is 310 g/mol. The molecule has 0 aromatic heterocycles. The monoisotopic (exact) mass is 329 g/mol. The summed E-state index contributed by atoms with van der Waals surface area (Å²) in [6.07, 6.45) is 1.93. The van der Waals surface area contributed by atoms with Gasteiger partial charge in [0.1, 0.15) is 5.69 Å². The molecule has 8 nitrogen and oxygen atoms in total. The normalized spacial score (nSPS) is 16.3. The van der Waals surface area contributed by atoms with E-state index in [2.05, 4.69) is 10.0 Å². The number of sulfonamides is 1. The van der Waals surface area contributed by atoms with E-state index in [0.29, 0.717) is 5.69 Å². The summed E-state index contributed by atoms with van der Waals surface area (Å²) in [5, 5.41) is 14.2. The van der Waals surface area contributed by atoms with Gasteiger partial charge in [-0.25, -0.2) is 13.1 Å². The molecule has 0 heterocycles. The van der Waals surface area contributed by atoms with Gasteiger partial charge in [-0.05, 0) is 31.9 Å². The summed E-state index contributed by atoms with van der Waals surface area (Å²) in [5.41, 5.74) is 0.102. The molecule has 9 heteroatoms. The number of nitrogens with one attached hydrogen (secondary N) is 2. The fourth-order valence-corrected chi connectivity index (χ4v) is 3.26. The Kier molecular flexibility index (Phi) is 4.99. The average molecular weight is 329 g/mol. The molecule has 1 aliphatic carbocycles. The second-order valence-corrected chi connectivity index (χ2v) is 7.05. The zero-order chi connectivity index (χ0) is 16.3. The van der Waals surface area contributed by atoms with Gasteiger partial charge in [0.05, 0.1) is 16.4 Å². The minimum absolute atomic E-state index is 0.136. The SMILES string of the molecule is COC[C@H](C)NS(=O)(=O)c1ccc(NC2CC2)c([N+](=O)[O-])c1. The average Bonchev–Trinajstić information content (AvgIpc) is 3.22. The summed E-state index contributed by atoms with van der Waals surface area (Å²) in [4.78, 5) is 10.4. The Morgan fingerprint density at radius 2 is 2.14 bits per heavy atom. The summed E-state index contributed by atoms with van der Waals surface area (Å²) in [7, 11) is -2.36. The molecule has 0 saturated heterocycles. The van der Waals surface area contributed by atoms with Crippen LogP contribution in [0.4, 0.5) is 11.4 Å². The summed E-state index contributed by atoms with van der Waals surface area (Å²) in [5.74, 6) is 0. The Labute approximate surface area is 129 Å². The number of rotatable bonds is 8. The molecule has 0 bridgehead atoms. The van der Waals surface area contributed by atoms with Gasteiger partial charge in [0, 0.05) is 25.3 Å². The third-order valence-electron chi connectivity index (χ3n) is 3.19. The maximum absolute atomic E-state index is 12.2. The van der Waals surface area contributed by atoms with Crippen molar-refractivity contribution in [2.45, 2.75) is 36.7 Å². The van der Waals surface area contributed by atoms with Gasteiger partial charge in [-0.15, -0.1) is 0 Å². The lowest BCUT2D eigenvalue weighted by Crippen LogP contribution is -2.35. The maximum atomic E-state index is 12.2. The quantitative estimate of drug-likeness (QED) is 0.552. The number of ether oxygens (including phenoxy) is 1. The van der Waals surface area contributed by atoms with E-state index >= 15 is 0 Å². The number of nitro benzene ring substituents is 1. The molecule has 2 N–H and O–H groups in total. The molecule has 0 aliphatic heterocycles. The van der Waals surface area contributed by atoms with Crippen LogP contribution < -0.4 is 10.0 Å². The first-order chi connectivity index (χ1) is 10.3. The molecular formula is C13H19N3O5S. The summed E-state index contributed by atoms with van der Waals surface area (Å²) < 4.78 is 31.7. The first-order valence-electron chi connectivity index (χ1n) is 6.89. The number of hydrogen-bond acceptors (Lipinski definition) is 6. The van der Waals surface area contributed by atoms with Crippen molar-refractivity contribution < 1.29 is 18.1 Å². The largest absolute Gasteiger partial charge is 0.383 e. The van der Waals surface area contributed by atoms with E-state index in [1.165, 1.54) is 19.2 Å². The van der Waals surface area contributed by atoms with Gasteiger partial charge in [0.2, 0.25) is 10.0 Å². The molecule has 0 radical (unpaired) electrons. The zero-order valence-electron chi connectivity index (χ0n) is 12.4. The van der Waals surface area contributed by atoms with Crippen molar-refractivity contribution >= 4 is 21.4 Å². The van der Waals surface area contributed by atoms with Crippen LogP contribution in [0.2, 0.25) is 0 Å². The van der Waals surface area contributed by atoms with Crippen LogP contribution in [0.1, 0.15) is 19.8 Å². The lowest BCUT2D eigenvalue weighted by atomic mass is 10.2. The lowest BCUT2D eigenvalue weighted by molar-refractivity contribution is -0.384. The van der Waals surface area contributed by atoms with Crippen molar-refractivity contribution in [2.75, 3.05) is 19.0 Å². The van der Waals surface area contributed by atoms with E-state index in [4.69, 9.17) is 4.74 Å². The Bertz CT molecular complexity index is 658. The number of nitrogens with zero attached hydrogens (tertiary/aromatic N) is 1. The predicted molar refractivity (Wildman–Crippen MR) is 81.4 cm³/mol. The van der Waals surface area contributed by atoms with E-state index in [-0.39, 0.29) is 23.2 Å². The zero-order valence-corrected chi connectivity index (χ0v) is 13.2. The topological polar surface area (TPSA) is 111 Å². The molecule has 0 amide bonds. The first-order valence-corrected chi connectivity index (χ1v) is 8.38. The summed E-state index contributed by atoms with van der Waals surface area (Å²) in [6.45, 7) is 1.86. The van der Waals surface area contributed by atoms with Gasteiger partial charge < -0.3 is 10.1 Å². The number of anilines is 1. The van der Waals surface area contributed by atoms with Gasteiger partial charge in [-0.3, -0.25) is 10.1 Å². The lowest BCUT2D eigenvalue weighted by Gasteiger charge is -2.14. The molecule has 1 saturated carbocycles. The van der Waals surface area contributed by atoms with Crippen LogP contribution in [-0.4, -0.2) is 39.1 Å². The highest BCUT2D eigenvalue weighted by Crippen LogP contribution is 2.32. The molecule has 1 aromatic carbocycles. The van der Waals surface area contributed by atoms with Gasteiger partial charge in [-0.2, -0.15) is 0 Å². The third kappa shape index (κ3) is 4.15. The Morgan fingerprint density at radius 1 is 1.45 bits per heavy atom. The molecule has 0 spiro atoms. The molecule has 1 fully saturated rings. The van der Waals surface area contributed by atoms with E-state index in [1.54, 1.807) is 6.92 Å². The van der Waals surface area contributed by atoms with Crippen LogP contribution in [0.3, 0.4) is 0 Å². The van der Waals surface area contributed by atoms with Crippen molar-refractivity contribution in [1.29, 1.82) is 0 Å². The molecule has 2 rings (SSSR count). The standard InChI is InChI=1S/C13H19N3O5S/c1-9(8-21-2)15-22(19,20)11-5-6-12(14-10-3-4-10)13(7-11)16(17)18/h5-7,9-10,14-15H,3-4,8H2,1-2H3/t9-/m0/s1. The fourth-order valence-electron chi connectivity index (χ4n) is 2.02. The second kappa shape index (κ2) is 6.59. The summed E-state index contributed by atoms with van der Waals surface area (Å²) >= 11 is 0. The highest BCUT2D eigenvalue weighted by atomic mass is 32.2. The number of hydrogen-bond donors (Lipinski definition) is 2. The van der Waals surface area contributed by atoms with Crippen molar-refractivity contribution in [3.63, 3.8) is 0 Å². The van der Waals surface area contributed by atoms with Gasteiger partial charge in [-0.1, -0.05) is 0 Å². The molecule has 1 aromatic rings. The smallest absolute Gasteiger partial charge is 0.293 e. The van der Waals surface area contributed by atoms with E-state index in [1.807, 2.05) is 0 Å². The highest BCUT2D eigenvalue weighted by Gasteiger charge is 2.27. The Morgan fingerprint density at radius 3 is 2.68 bits per heavy atom. The van der Waals surface area contributed by atoms with Crippen LogP contribution >= 0.6 is 0 Å². The van der Waals surface area contributed by atoms with E-state index in [0.717, 1.165) is 18.9 Å². The minimum Gasteiger partial charge on any atom is -0.383 e. The fraction of sp³-hybridized carbons (Fsp3) is 0.538. The molecule has 1 atom stereocenters. The number of benzene rings is 1. The molecule has 0 unspecified atom stereocenters. The van der Waals surface area contributed by atoms with Gasteiger partial charge in [0.25, 0.3) is 5.69 Å². The number of nitro groups is 1. The minimum atomic E-state index is -3.83. The van der Waals surface area contributed by atoms with Gasteiger partial charge >= 0.3 is 0 Å². The van der Waals surface area contributed by atoms with Crippen LogP contribution in [0.5, 0.6) is 0 Å². The number of methoxy groups -OCH3 is 1. The van der Waals surface area contributed by atoms with Crippen molar-refractivity contribution in [3.8, 4) is 0 Å². The maximum Gasteiger partial charge on any atom is 0.293 e. The highest BCUT2D eigenvalue weighted by molar-refractivity contribution is 7.89. The molecule has 22 heavy (non-hydrogen) atoms. The molecule has 1 aliphatic rings. The van der Waals surface area contributed by atoms with Crippen LogP contribution in [0, 0.1) is 10.1 Å². The van der Waals surface area contributed by atoms with Crippen LogP contribution in [0.25, 0.3) is 0 Å². The Hall–Kier alpha value is -1.71. The first kappa shape index (κ1) is 16.7. The van der Waals surface area contributed by atoms with Crippen LogP contribution in [0.15, 0.2) is 23.1 Å².